The molecule has 0 radical (unpaired) electrons. The fraction of sp³-hybridized carbons (Fsp3) is 0.333. The summed E-state index contributed by atoms with van der Waals surface area (Å²) >= 11 is 5.80. The summed E-state index contributed by atoms with van der Waals surface area (Å²) in [6.45, 7) is 0.467. The van der Waals surface area contributed by atoms with Crippen LogP contribution in [0.2, 0.25) is 5.02 Å². The fourth-order valence-electron chi connectivity index (χ4n) is 1.49. The fourth-order valence-corrected chi connectivity index (χ4v) is 1.69. The minimum Gasteiger partial charge on any atom is -0.480 e. The first-order valence-corrected chi connectivity index (χ1v) is 5.86. The Balaban J connectivity index is 3.10. The molecule has 0 saturated carbocycles. The molecule has 1 atom stereocenters. The molecule has 8 heteroatoms. The van der Waals surface area contributed by atoms with Gasteiger partial charge >= 0.3 is 18.1 Å². The van der Waals surface area contributed by atoms with E-state index in [9.17, 15) is 22.8 Å². The molecule has 0 spiro atoms. The molecule has 1 N–H and O–H groups in total. The third kappa shape index (κ3) is 3.86. The van der Waals surface area contributed by atoms with Crippen LogP contribution < -0.4 is 0 Å². The van der Waals surface area contributed by atoms with Gasteiger partial charge in [0.15, 0.2) is 0 Å². The predicted molar refractivity (Wildman–Crippen MR) is 65.2 cm³/mol. The molecular formula is C12H11ClF3NO3. The SMILES string of the molecule is CC(C(=O)O)N(Cc1ccccc1Cl)C(=O)C(F)(F)F. The number of carbonyl (C=O) groups excluding carboxylic acids is 1. The van der Waals surface area contributed by atoms with Crippen LogP contribution in [0.4, 0.5) is 13.2 Å². The third-order valence-corrected chi connectivity index (χ3v) is 3.00. The highest BCUT2D eigenvalue weighted by Crippen LogP contribution is 2.24. The van der Waals surface area contributed by atoms with Gasteiger partial charge in [-0.1, -0.05) is 29.8 Å². The number of hydrogen-bond donors (Lipinski definition) is 1. The van der Waals surface area contributed by atoms with Crippen molar-refractivity contribution in [1.82, 2.24) is 4.90 Å². The van der Waals surface area contributed by atoms with E-state index in [1.165, 1.54) is 18.2 Å². The Morgan fingerprint density at radius 3 is 2.35 bits per heavy atom. The topological polar surface area (TPSA) is 57.6 Å². The summed E-state index contributed by atoms with van der Waals surface area (Å²) in [5, 5.41) is 8.98. The number of alkyl halides is 3. The number of rotatable bonds is 4. The lowest BCUT2D eigenvalue weighted by atomic mass is 10.1. The smallest absolute Gasteiger partial charge is 0.471 e. The van der Waals surface area contributed by atoms with E-state index in [1.54, 1.807) is 6.07 Å². The highest BCUT2D eigenvalue weighted by atomic mass is 35.5. The van der Waals surface area contributed by atoms with Crippen molar-refractivity contribution in [3.63, 3.8) is 0 Å². The van der Waals surface area contributed by atoms with Crippen LogP contribution in [0.25, 0.3) is 0 Å². The quantitative estimate of drug-likeness (QED) is 0.930. The summed E-state index contributed by atoms with van der Waals surface area (Å²) in [7, 11) is 0. The first kappa shape index (κ1) is 16.3. The van der Waals surface area contributed by atoms with Crippen LogP contribution >= 0.6 is 11.6 Å². The number of carbonyl (C=O) groups is 2. The molecule has 0 heterocycles. The van der Waals surface area contributed by atoms with Crippen molar-refractivity contribution in [3.05, 3.63) is 34.9 Å². The van der Waals surface area contributed by atoms with Crippen LogP contribution in [0, 0.1) is 0 Å². The molecular weight excluding hydrogens is 299 g/mol. The zero-order valence-electron chi connectivity index (χ0n) is 10.3. The molecule has 0 fully saturated rings. The Morgan fingerprint density at radius 1 is 1.35 bits per heavy atom. The maximum absolute atomic E-state index is 12.5. The highest BCUT2D eigenvalue weighted by molar-refractivity contribution is 6.31. The van der Waals surface area contributed by atoms with Crippen molar-refractivity contribution in [1.29, 1.82) is 0 Å². The zero-order valence-corrected chi connectivity index (χ0v) is 11.1. The summed E-state index contributed by atoms with van der Waals surface area (Å²) in [5.41, 5.74) is 0.236. The molecule has 1 amide bonds. The molecule has 0 aliphatic rings. The molecule has 0 aliphatic heterocycles. The van der Waals surface area contributed by atoms with Gasteiger partial charge in [0.05, 0.1) is 0 Å². The molecule has 0 bridgehead atoms. The van der Waals surface area contributed by atoms with Gasteiger partial charge in [0.1, 0.15) is 6.04 Å². The van der Waals surface area contributed by atoms with E-state index in [2.05, 4.69) is 0 Å². The Labute approximate surface area is 117 Å². The van der Waals surface area contributed by atoms with Gasteiger partial charge in [0, 0.05) is 11.6 Å². The second-order valence-corrected chi connectivity index (χ2v) is 4.44. The summed E-state index contributed by atoms with van der Waals surface area (Å²) in [4.78, 5) is 22.4. The molecule has 1 aromatic rings. The van der Waals surface area contributed by atoms with Crippen molar-refractivity contribution in [2.24, 2.45) is 0 Å². The van der Waals surface area contributed by atoms with Crippen molar-refractivity contribution in [3.8, 4) is 0 Å². The summed E-state index contributed by atoms with van der Waals surface area (Å²) in [6.07, 6.45) is -5.15. The normalized spacial score (nSPS) is 12.8. The Hall–Kier alpha value is -1.76. The van der Waals surface area contributed by atoms with Crippen molar-refractivity contribution in [2.45, 2.75) is 25.7 Å². The van der Waals surface area contributed by atoms with Crippen LogP contribution in [-0.4, -0.2) is 34.1 Å². The van der Waals surface area contributed by atoms with E-state index in [0.717, 1.165) is 6.92 Å². The van der Waals surface area contributed by atoms with Crippen LogP contribution in [0.15, 0.2) is 24.3 Å². The van der Waals surface area contributed by atoms with Gasteiger partial charge in [-0.15, -0.1) is 0 Å². The zero-order chi connectivity index (χ0) is 15.5. The Morgan fingerprint density at radius 2 is 1.90 bits per heavy atom. The van der Waals surface area contributed by atoms with Gasteiger partial charge in [-0.3, -0.25) is 4.79 Å². The first-order valence-electron chi connectivity index (χ1n) is 5.48. The summed E-state index contributed by atoms with van der Waals surface area (Å²) in [6, 6.07) is 4.35. The lowest BCUT2D eigenvalue weighted by Gasteiger charge is -2.27. The molecule has 0 saturated heterocycles. The van der Waals surface area contributed by atoms with Gasteiger partial charge in [-0.25, -0.2) is 4.79 Å². The average molecular weight is 310 g/mol. The molecule has 4 nitrogen and oxygen atoms in total. The van der Waals surface area contributed by atoms with Crippen molar-refractivity contribution >= 4 is 23.5 Å². The van der Waals surface area contributed by atoms with Gasteiger partial charge in [0.2, 0.25) is 0 Å². The first-order chi connectivity index (χ1) is 9.14. The van der Waals surface area contributed by atoms with Gasteiger partial charge in [-0.2, -0.15) is 13.2 Å². The van der Waals surface area contributed by atoms with Gasteiger partial charge in [-0.05, 0) is 18.6 Å². The monoisotopic (exact) mass is 309 g/mol. The van der Waals surface area contributed by atoms with E-state index in [0.29, 0.717) is 0 Å². The lowest BCUT2D eigenvalue weighted by Crippen LogP contribution is -2.48. The summed E-state index contributed by atoms with van der Waals surface area (Å²) < 4.78 is 37.5. The molecule has 110 valence electrons. The second-order valence-electron chi connectivity index (χ2n) is 4.04. The second kappa shape index (κ2) is 6.13. The molecule has 0 aliphatic carbocycles. The maximum atomic E-state index is 12.5. The third-order valence-electron chi connectivity index (χ3n) is 2.63. The Bertz CT molecular complexity index is 519. The van der Waals surface area contributed by atoms with Crippen molar-refractivity contribution in [2.75, 3.05) is 0 Å². The summed E-state index contributed by atoms with van der Waals surface area (Å²) in [5.74, 6) is -3.75. The highest BCUT2D eigenvalue weighted by Gasteiger charge is 2.45. The van der Waals surface area contributed by atoms with E-state index < -0.39 is 30.6 Å². The number of carboxylic acids is 1. The molecule has 1 aromatic carbocycles. The van der Waals surface area contributed by atoms with Crippen molar-refractivity contribution < 1.29 is 27.9 Å². The molecule has 1 rings (SSSR count). The van der Waals surface area contributed by atoms with Gasteiger partial charge in [0.25, 0.3) is 0 Å². The van der Waals surface area contributed by atoms with E-state index in [4.69, 9.17) is 16.7 Å². The number of carboxylic acid groups (broad SMARTS) is 1. The molecule has 0 aromatic heterocycles. The molecule has 1 unspecified atom stereocenters. The minimum absolute atomic E-state index is 0.157. The number of halogens is 4. The maximum Gasteiger partial charge on any atom is 0.471 e. The average Bonchev–Trinajstić information content (AvgIpc) is 2.35. The minimum atomic E-state index is -5.15. The van der Waals surface area contributed by atoms with Gasteiger partial charge < -0.3 is 10.0 Å². The number of nitrogens with zero attached hydrogens (tertiary/aromatic N) is 1. The van der Waals surface area contributed by atoms with Crippen LogP contribution in [0.5, 0.6) is 0 Å². The predicted octanol–water partition coefficient (Wildman–Crippen LogP) is 2.70. The number of benzene rings is 1. The lowest BCUT2D eigenvalue weighted by molar-refractivity contribution is -0.190. The number of aliphatic carboxylic acids is 1. The largest absolute Gasteiger partial charge is 0.480 e. The van der Waals surface area contributed by atoms with Crippen LogP contribution in [-0.2, 0) is 16.1 Å². The Kier molecular flexibility index (Phi) is 4.99. The molecule has 20 heavy (non-hydrogen) atoms. The van der Waals surface area contributed by atoms with E-state index in [1.807, 2.05) is 0 Å². The van der Waals surface area contributed by atoms with Crippen LogP contribution in [0.3, 0.4) is 0 Å². The van der Waals surface area contributed by atoms with E-state index >= 15 is 0 Å². The number of amides is 1. The van der Waals surface area contributed by atoms with Crippen LogP contribution in [0.1, 0.15) is 12.5 Å². The van der Waals surface area contributed by atoms with E-state index in [-0.39, 0.29) is 15.5 Å². The number of hydrogen-bond acceptors (Lipinski definition) is 2. The standard InChI is InChI=1S/C12H11ClF3NO3/c1-7(10(18)19)17(11(20)12(14,15)16)6-8-4-2-3-5-9(8)13/h2-5,7H,6H2,1H3,(H,18,19).